The molecule has 1 aromatic carbocycles. The Kier molecular flexibility index (Phi) is 9.04. The van der Waals surface area contributed by atoms with Crippen LogP contribution in [0.5, 0.6) is 6.01 Å². The monoisotopic (exact) mass is 498 g/mol. The van der Waals surface area contributed by atoms with Gasteiger partial charge in [0.05, 0.1) is 12.9 Å². The number of nitrogens with one attached hydrogen (secondary N) is 1. The van der Waals surface area contributed by atoms with Gasteiger partial charge in [-0.25, -0.2) is 4.98 Å². The molecule has 0 spiro atoms. The van der Waals surface area contributed by atoms with Crippen molar-refractivity contribution in [2.45, 2.75) is 64.1 Å². The molecule has 0 radical (unpaired) electrons. The highest BCUT2D eigenvalue weighted by molar-refractivity contribution is 5.83. The van der Waals surface area contributed by atoms with Crippen LogP contribution in [-0.4, -0.2) is 62.5 Å². The average Bonchev–Trinajstić information content (AvgIpc) is 3.48. The van der Waals surface area contributed by atoms with Gasteiger partial charge >= 0.3 is 12.0 Å². The van der Waals surface area contributed by atoms with Gasteiger partial charge in [-0.3, -0.25) is 9.36 Å². The number of carbonyl (C=O) groups excluding carboxylic acids is 1. The third-order valence-electron chi connectivity index (χ3n) is 6.02. The van der Waals surface area contributed by atoms with Crippen LogP contribution >= 0.6 is 0 Å². The van der Waals surface area contributed by atoms with Gasteiger partial charge < -0.3 is 30.4 Å². The molecule has 194 valence electrons. The highest BCUT2D eigenvalue weighted by Crippen LogP contribution is 2.34. The lowest BCUT2D eigenvalue weighted by Crippen LogP contribution is -2.29. The van der Waals surface area contributed by atoms with E-state index in [2.05, 4.69) is 20.3 Å². The normalized spacial score (nSPS) is 19.5. The van der Waals surface area contributed by atoms with E-state index in [9.17, 15) is 9.90 Å². The Hall–Kier alpha value is -3.28. The smallest absolute Gasteiger partial charge is 0.320 e. The topological polar surface area (TPSA) is 147 Å². The van der Waals surface area contributed by atoms with Crippen LogP contribution in [0.15, 0.2) is 36.7 Å². The van der Waals surface area contributed by atoms with Crippen molar-refractivity contribution in [3.05, 3.63) is 42.2 Å². The zero-order valence-electron chi connectivity index (χ0n) is 20.5. The fraction of sp³-hybridized carbons (Fsp3) is 0.520. The molecule has 3 aromatic rings. The van der Waals surface area contributed by atoms with Crippen LogP contribution in [0.4, 0.5) is 5.82 Å². The number of nitrogens with two attached hydrogens (primary N) is 1. The molecule has 0 aliphatic carbocycles. The van der Waals surface area contributed by atoms with Crippen molar-refractivity contribution in [1.29, 1.82) is 0 Å². The number of carbonyl (C=O) groups is 1. The second-order valence-electron chi connectivity index (χ2n) is 8.78. The summed E-state index contributed by atoms with van der Waals surface area (Å²) in [6.07, 6.45) is 4.44. The zero-order valence-corrected chi connectivity index (χ0v) is 20.5. The first-order valence-electron chi connectivity index (χ1n) is 12.4. The minimum absolute atomic E-state index is 0.215. The quantitative estimate of drug-likeness (QED) is 0.237. The maximum Gasteiger partial charge on any atom is 0.320 e. The van der Waals surface area contributed by atoms with Crippen molar-refractivity contribution in [1.82, 2.24) is 19.5 Å². The van der Waals surface area contributed by atoms with Crippen LogP contribution in [-0.2, 0) is 20.9 Å². The van der Waals surface area contributed by atoms with Crippen LogP contribution in [0.2, 0.25) is 0 Å². The number of aromatic nitrogens is 4. The number of fused-ring (bicyclic) bond motifs is 1. The lowest BCUT2D eigenvalue weighted by atomic mass is 10.2. The number of hydrogen-bond acceptors (Lipinski definition) is 10. The summed E-state index contributed by atoms with van der Waals surface area (Å²) in [6, 6.07) is 10.0. The molecular weight excluding hydrogens is 464 g/mol. The molecule has 36 heavy (non-hydrogen) atoms. The van der Waals surface area contributed by atoms with Crippen molar-refractivity contribution in [3.63, 3.8) is 0 Å². The van der Waals surface area contributed by atoms with Gasteiger partial charge in [-0.1, -0.05) is 43.2 Å². The highest BCUT2D eigenvalue weighted by atomic mass is 16.6. The first kappa shape index (κ1) is 25.8. The number of anilines is 1. The molecule has 3 heterocycles. The standard InChI is InChI=1S/C25H34N6O5/c1-17(33)35-19-13-21(36-20(19)14-32)31-16-28-22-23(27-12-8-3-2-7-11-26)29-25(30-24(22)31)34-15-18-9-5-4-6-10-18/h4-6,9-10,16,19-21,32H,2-3,7-8,11-15,26H2,1H3,(H,27,29,30)/t19?,20-,21-/m1/s1. The molecule has 4 N–H and O–H groups in total. The number of rotatable bonds is 13. The van der Waals surface area contributed by atoms with Crippen LogP contribution in [0.25, 0.3) is 11.2 Å². The van der Waals surface area contributed by atoms with Gasteiger partial charge in [0.1, 0.15) is 25.0 Å². The van der Waals surface area contributed by atoms with Crippen molar-refractivity contribution < 1.29 is 24.1 Å². The largest absolute Gasteiger partial charge is 0.460 e. The van der Waals surface area contributed by atoms with Crippen molar-refractivity contribution in [3.8, 4) is 6.01 Å². The van der Waals surface area contributed by atoms with Gasteiger partial charge in [0.25, 0.3) is 0 Å². The van der Waals surface area contributed by atoms with Crippen LogP contribution in [0.1, 0.15) is 50.8 Å². The summed E-state index contributed by atoms with van der Waals surface area (Å²) in [4.78, 5) is 25.2. The summed E-state index contributed by atoms with van der Waals surface area (Å²) in [5.74, 6) is 0.156. The Balaban J connectivity index is 1.56. The average molecular weight is 499 g/mol. The number of nitrogens with zero attached hydrogens (tertiary/aromatic N) is 4. The summed E-state index contributed by atoms with van der Waals surface area (Å²) < 4.78 is 19.0. The maximum atomic E-state index is 11.5. The number of aliphatic hydroxyl groups is 1. The molecule has 11 heteroatoms. The molecule has 2 aromatic heterocycles. The third-order valence-corrected chi connectivity index (χ3v) is 6.02. The first-order chi connectivity index (χ1) is 17.6. The summed E-state index contributed by atoms with van der Waals surface area (Å²) in [5.41, 5.74) is 7.70. The predicted octanol–water partition coefficient (Wildman–Crippen LogP) is 2.55. The van der Waals surface area contributed by atoms with Gasteiger partial charge in [0, 0.05) is 19.9 Å². The molecule has 0 amide bonds. The number of imidazole rings is 1. The zero-order chi connectivity index (χ0) is 25.3. The Morgan fingerprint density at radius 1 is 1.22 bits per heavy atom. The Morgan fingerprint density at radius 3 is 2.78 bits per heavy atom. The summed E-state index contributed by atoms with van der Waals surface area (Å²) in [7, 11) is 0. The minimum atomic E-state index is -0.627. The maximum absolute atomic E-state index is 11.5. The molecule has 11 nitrogen and oxygen atoms in total. The molecule has 1 aliphatic rings. The lowest BCUT2D eigenvalue weighted by molar-refractivity contribution is -0.150. The van der Waals surface area contributed by atoms with Gasteiger partial charge in [0.2, 0.25) is 0 Å². The molecule has 0 bridgehead atoms. The molecular formula is C25H34N6O5. The molecule has 1 fully saturated rings. The Labute approximate surface area is 210 Å². The summed E-state index contributed by atoms with van der Waals surface area (Å²) in [6.45, 7) is 2.82. The van der Waals surface area contributed by atoms with Gasteiger partial charge in [-0.15, -0.1) is 0 Å². The number of benzene rings is 1. The first-order valence-corrected chi connectivity index (χ1v) is 12.4. The molecule has 1 aliphatic heterocycles. The minimum Gasteiger partial charge on any atom is -0.460 e. The number of aliphatic hydroxyl groups excluding tert-OH is 1. The van der Waals surface area contributed by atoms with E-state index in [-0.39, 0.29) is 12.6 Å². The second kappa shape index (κ2) is 12.6. The molecule has 4 rings (SSSR count). The predicted molar refractivity (Wildman–Crippen MR) is 133 cm³/mol. The second-order valence-corrected chi connectivity index (χ2v) is 8.78. The van der Waals surface area contributed by atoms with Gasteiger partial charge in [-0.05, 0) is 24.9 Å². The molecule has 1 saturated heterocycles. The fourth-order valence-electron chi connectivity index (χ4n) is 4.22. The summed E-state index contributed by atoms with van der Waals surface area (Å²) >= 11 is 0. The lowest BCUT2D eigenvalue weighted by Gasteiger charge is -2.15. The van der Waals surface area contributed by atoms with Crippen molar-refractivity contribution in [2.75, 3.05) is 25.0 Å². The number of unbranched alkanes of at least 4 members (excludes halogenated alkanes) is 3. The van der Waals surface area contributed by atoms with Crippen LogP contribution < -0.4 is 15.8 Å². The van der Waals surface area contributed by atoms with Gasteiger partial charge in [-0.2, -0.15) is 9.97 Å². The summed E-state index contributed by atoms with van der Waals surface area (Å²) in [5, 5.41) is 13.1. The SMILES string of the molecule is CC(=O)OC1C[C@H](n2cnc3c(NCCCCCCN)nc(OCc4ccccc4)nc32)O[C@@H]1CO. The fourth-order valence-corrected chi connectivity index (χ4v) is 4.22. The van der Waals surface area contributed by atoms with E-state index in [4.69, 9.17) is 19.9 Å². The van der Waals surface area contributed by atoms with Crippen molar-refractivity contribution in [2.24, 2.45) is 5.73 Å². The van der Waals surface area contributed by atoms with E-state index < -0.39 is 24.4 Å². The van der Waals surface area contributed by atoms with Crippen LogP contribution in [0, 0.1) is 0 Å². The Morgan fingerprint density at radius 2 is 2.03 bits per heavy atom. The van der Waals surface area contributed by atoms with E-state index in [0.29, 0.717) is 36.6 Å². The van der Waals surface area contributed by atoms with Gasteiger partial charge in [0.15, 0.2) is 17.0 Å². The van der Waals surface area contributed by atoms with E-state index >= 15 is 0 Å². The highest BCUT2D eigenvalue weighted by Gasteiger charge is 2.39. The van der Waals surface area contributed by atoms with Crippen LogP contribution in [0.3, 0.4) is 0 Å². The number of hydrogen-bond donors (Lipinski definition) is 3. The molecule has 1 unspecified atom stereocenters. The number of ether oxygens (including phenoxy) is 3. The van der Waals surface area contributed by atoms with E-state index in [0.717, 1.165) is 37.8 Å². The van der Waals surface area contributed by atoms with E-state index in [1.807, 2.05) is 30.3 Å². The number of esters is 1. The van der Waals surface area contributed by atoms with E-state index in [1.54, 1.807) is 10.9 Å². The van der Waals surface area contributed by atoms with Crippen molar-refractivity contribution >= 4 is 23.0 Å². The third kappa shape index (κ3) is 6.48. The Bertz CT molecular complexity index is 1120. The molecule has 3 atom stereocenters. The van der Waals surface area contributed by atoms with E-state index in [1.165, 1.54) is 6.92 Å². The molecule has 0 saturated carbocycles.